The largest absolute Gasteiger partial charge is 0.492 e. The fourth-order valence-corrected chi connectivity index (χ4v) is 3.59. The molecule has 2 unspecified atom stereocenters. The van der Waals surface area contributed by atoms with Crippen LogP contribution in [-0.4, -0.2) is 43.2 Å². The fraction of sp³-hybridized carbons (Fsp3) is 0.647. The lowest BCUT2D eigenvalue weighted by molar-refractivity contribution is 0.0952. The second kappa shape index (κ2) is 7.12. The number of nitrogens with zero attached hydrogens (tertiary/aromatic N) is 1. The average Bonchev–Trinajstić information content (AvgIpc) is 3.32. The van der Waals surface area contributed by atoms with E-state index in [-0.39, 0.29) is 0 Å². The first kappa shape index (κ1) is 15.3. The zero-order chi connectivity index (χ0) is 14.7. The minimum absolute atomic E-state index is 0.644. The highest BCUT2D eigenvalue weighted by atomic mass is 79.9. The smallest absolute Gasteiger partial charge is 0.120 e. The van der Waals surface area contributed by atoms with Crippen LogP contribution in [0.15, 0.2) is 28.7 Å². The molecule has 0 bridgehead atoms. The van der Waals surface area contributed by atoms with Crippen molar-refractivity contribution in [2.45, 2.75) is 38.3 Å². The molecule has 4 heteroatoms. The molecule has 1 saturated heterocycles. The van der Waals surface area contributed by atoms with Crippen molar-refractivity contribution >= 4 is 15.9 Å². The third-order valence-corrected chi connectivity index (χ3v) is 5.14. The van der Waals surface area contributed by atoms with Crippen LogP contribution in [0.25, 0.3) is 0 Å². The lowest BCUT2D eigenvalue weighted by atomic mass is 10.0. The summed E-state index contributed by atoms with van der Waals surface area (Å²) in [7, 11) is 0. The van der Waals surface area contributed by atoms with E-state index in [0.717, 1.165) is 41.9 Å². The standard InChI is InChI=1S/C17H25BrN2O/c1-2-15-12-20(17(11-19-15)13-6-7-13)8-9-21-16-5-3-4-14(18)10-16/h3-5,10,13,15,17,19H,2,6-9,11-12H2,1H3. The Morgan fingerprint density at radius 1 is 1.38 bits per heavy atom. The van der Waals surface area contributed by atoms with Crippen molar-refractivity contribution in [3.05, 3.63) is 28.7 Å². The molecule has 1 aromatic rings. The molecular formula is C17H25BrN2O. The lowest BCUT2D eigenvalue weighted by Crippen LogP contribution is -2.57. The van der Waals surface area contributed by atoms with Gasteiger partial charge in [0.2, 0.25) is 0 Å². The van der Waals surface area contributed by atoms with Gasteiger partial charge in [0.1, 0.15) is 12.4 Å². The van der Waals surface area contributed by atoms with Gasteiger partial charge in [0.25, 0.3) is 0 Å². The molecule has 1 aliphatic carbocycles. The molecule has 2 fully saturated rings. The molecule has 1 saturated carbocycles. The van der Waals surface area contributed by atoms with E-state index in [2.05, 4.69) is 33.1 Å². The molecule has 1 N–H and O–H groups in total. The number of hydrogen-bond acceptors (Lipinski definition) is 3. The van der Waals surface area contributed by atoms with Crippen molar-refractivity contribution in [3.63, 3.8) is 0 Å². The van der Waals surface area contributed by atoms with Gasteiger partial charge in [-0.2, -0.15) is 0 Å². The number of ether oxygens (including phenoxy) is 1. The van der Waals surface area contributed by atoms with Crippen LogP contribution in [0.4, 0.5) is 0 Å². The number of rotatable bonds is 6. The maximum Gasteiger partial charge on any atom is 0.120 e. The van der Waals surface area contributed by atoms with Gasteiger partial charge in [-0.1, -0.05) is 28.9 Å². The van der Waals surface area contributed by atoms with Gasteiger partial charge >= 0.3 is 0 Å². The summed E-state index contributed by atoms with van der Waals surface area (Å²) < 4.78 is 6.99. The minimum Gasteiger partial charge on any atom is -0.492 e. The van der Waals surface area contributed by atoms with Gasteiger partial charge in [-0.15, -0.1) is 0 Å². The fourth-order valence-electron chi connectivity index (χ4n) is 3.21. The quantitative estimate of drug-likeness (QED) is 0.849. The topological polar surface area (TPSA) is 24.5 Å². The Bertz CT molecular complexity index is 464. The Morgan fingerprint density at radius 3 is 2.95 bits per heavy atom. The van der Waals surface area contributed by atoms with Gasteiger partial charge in [0.15, 0.2) is 0 Å². The number of nitrogens with one attached hydrogen (secondary N) is 1. The van der Waals surface area contributed by atoms with Crippen LogP contribution < -0.4 is 10.1 Å². The SMILES string of the molecule is CCC1CN(CCOc2cccc(Br)c2)C(C2CC2)CN1. The van der Waals surface area contributed by atoms with Gasteiger partial charge in [-0.3, -0.25) is 4.90 Å². The van der Waals surface area contributed by atoms with Crippen LogP contribution in [0.2, 0.25) is 0 Å². The van der Waals surface area contributed by atoms with E-state index in [0.29, 0.717) is 6.04 Å². The van der Waals surface area contributed by atoms with E-state index in [9.17, 15) is 0 Å². The van der Waals surface area contributed by atoms with Crippen LogP contribution in [0.1, 0.15) is 26.2 Å². The molecule has 0 aromatic heterocycles. The van der Waals surface area contributed by atoms with Crippen molar-refractivity contribution in [1.29, 1.82) is 0 Å². The van der Waals surface area contributed by atoms with Crippen LogP contribution in [0.3, 0.4) is 0 Å². The molecule has 0 amide bonds. The second-order valence-electron chi connectivity index (χ2n) is 6.22. The van der Waals surface area contributed by atoms with E-state index in [1.165, 1.54) is 25.8 Å². The monoisotopic (exact) mass is 352 g/mol. The third-order valence-electron chi connectivity index (χ3n) is 4.64. The summed E-state index contributed by atoms with van der Waals surface area (Å²) in [6.45, 7) is 6.40. The molecule has 1 aromatic carbocycles. The van der Waals surface area contributed by atoms with Gasteiger partial charge < -0.3 is 10.1 Å². The van der Waals surface area contributed by atoms with Crippen molar-refractivity contribution in [2.24, 2.45) is 5.92 Å². The van der Waals surface area contributed by atoms with E-state index in [1.54, 1.807) is 0 Å². The molecule has 116 valence electrons. The summed E-state index contributed by atoms with van der Waals surface area (Å²) in [6.07, 6.45) is 4.03. The van der Waals surface area contributed by atoms with Gasteiger partial charge in [0.05, 0.1) is 0 Å². The Hall–Kier alpha value is -0.580. The van der Waals surface area contributed by atoms with Crippen molar-refractivity contribution in [1.82, 2.24) is 10.2 Å². The summed E-state index contributed by atoms with van der Waals surface area (Å²) in [4.78, 5) is 2.65. The number of benzene rings is 1. The van der Waals surface area contributed by atoms with E-state index in [1.807, 2.05) is 24.3 Å². The molecule has 3 nitrogen and oxygen atoms in total. The summed E-state index contributed by atoms with van der Waals surface area (Å²) in [5, 5.41) is 3.70. The van der Waals surface area contributed by atoms with E-state index >= 15 is 0 Å². The number of hydrogen-bond donors (Lipinski definition) is 1. The second-order valence-corrected chi connectivity index (χ2v) is 7.13. The first-order chi connectivity index (χ1) is 10.3. The molecular weight excluding hydrogens is 328 g/mol. The first-order valence-electron chi connectivity index (χ1n) is 8.12. The normalized spacial score (nSPS) is 26.8. The number of piperazine rings is 1. The molecule has 3 rings (SSSR count). The maximum absolute atomic E-state index is 5.91. The van der Waals surface area contributed by atoms with Crippen molar-refractivity contribution in [2.75, 3.05) is 26.2 Å². The van der Waals surface area contributed by atoms with E-state index < -0.39 is 0 Å². The van der Waals surface area contributed by atoms with Crippen LogP contribution in [-0.2, 0) is 0 Å². The molecule has 2 aliphatic rings. The highest BCUT2D eigenvalue weighted by Crippen LogP contribution is 2.36. The summed E-state index contributed by atoms with van der Waals surface area (Å²) in [6, 6.07) is 9.47. The Kier molecular flexibility index (Phi) is 5.19. The van der Waals surface area contributed by atoms with Gasteiger partial charge in [0, 0.05) is 36.2 Å². The molecule has 1 aliphatic heterocycles. The van der Waals surface area contributed by atoms with Crippen molar-refractivity contribution in [3.8, 4) is 5.75 Å². The summed E-state index contributed by atoms with van der Waals surface area (Å²) in [5.41, 5.74) is 0. The number of halogens is 1. The summed E-state index contributed by atoms with van der Waals surface area (Å²) >= 11 is 3.49. The molecule has 2 atom stereocenters. The zero-order valence-electron chi connectivity index (χ0n) is 12.7. The Morgan fingerprint density at radius 2 is 2.24 bits per heavy atom. The predicted octanol–water partition coefficient (Wildman–Crippen LogP) is 3.29. The third kappa shape index (κ3) is 4.21. The van der Waals surface area contributed by atoms with Crippen molar-refractivity contribution < 1.29 is 4.74 Å². The Labute approximate surface area is 136 Å². The average molecular weight is 353 g/mol. The zero-order valence-corrected chi connectivity index (χ0v) is 14.3. The van der Waals surface area contributed by atoms with Crippen LogP contribution >= 0.6 is 15.9 Å². The highest BCUT2D eigenvalue weighted by molar-refractivity contribution is 9.10. The van der Waals surface area contributed by atoms with Crippen LogP contribution in [0.5, 0.6) is 5.75 Å². The summed E-state index contributed by atoms with van der Waals surface area (Å²) in [5.74, 6) is 1.87. The predicted molar refractivity (Wildman–Crippen MR) is 89.8 cm³/mol. The molecule has 0 radical (unpaired) electrons. The molecule has 1 heterocycles. The molecule has 0 spiro atoms. The maximum atomic E-state index is 5.91. The highest BCUT2D eigenvalue weighted by Gasteiger charge is 2.38. The lowest BCUT2D eigenvalue weighted by Gasteiger charge is -2.40. The van der Waals surface area contributed by atoms with Crippen LogP contribution in [0, 0.1) is 5.92 Å². The minimum atomic E-state index is 0.644. The first-order valence-corrected chi connectivity index (χ1v) is 8.91. The van der Waals surface area contributed by atoms with E-state index in [4.69, 9.17) is 4.74 Å². The molecule has 21 heavy (non-hydrogen) atoms. The Balaban J connectivity index is 1.51. The van der Waals surface area contributed by atoms with Gasteiger partial charge in [-0.25, -0.2) is 0 Å². The van der Waals surface area contributed by atoms with Gasteiger partial charge in [-0.05, 0) is 43.4 Å².